The van der Waals surface area contributed by atoms with Crippen molar-refractivity contribution in [1.29, 1.82) is 0 Å². The van der Waals surface area contributed by atoms with Crippen LogP contribution in [0.15, 0.2) is 18.2 Å². The van der Waals surface area contributed by atoms with Crippen LogP contribution < -0.4 is 4.98 Å². The van der Waals surface area contributed by atoms with E-state index in [1.165, 1.54) is 57.1 Å². The lowest BCUT2D eigenvalue weighted by Crippen LogP contribution is -2.42. The van der Waals surface area contributed by atoms with Crippen LogP contribution >= 0.6 is 0 Å². The first-order valence-corrected chi connectivity index (χ1v) is 11.7. The van der Waals surface area contributed by atoms with Gasteiger partial charge in [-0.3, -0.25) is 0 Å². The van der Waals surface area contributed by atoms with Crippen molar-refractivity contribution in [3.63, 3.8) is 0 Å². The molecule has 1 unspecified atom stereocenters. The molecule has 0 radical (unpaired) electrons. The fraction of sp³-hybridized carbons (Fsp3) is 0.667. The number of halogens is 2. The minimum absolute atomic E-state index is 0.454. The molecule has 1 aromatic rings. The molecule has 0 aliphatic heterocycles. The highest BCUT2D eigenvalue weighted by atomic mass is 28.3. The fourth-order valence-electron chi connectivity index (χ4n) is 3.00. The van der Waals surface area contributed by atoms with Gasteiger partial charge in [0.2, 0.25) is 0 Å². The normalized spacial score (nSPS) is 13.2. The highest BCUT2D eigenvalue weighted by Gasteiger charge is 2.32. The molecule has 0 spiro atoms. The summed E-state index contributed by atoms with van der Waals surface area (Å²) < 4.78 is 27.0. The number of hydrogen-bond donors (Lipinski definition) is 1. The molecule has 1 N–H and O–H groups in total. The van der Waals surface area contributed by atoms with Crippen LogP contribution in [0.3, 0.4) is 0 Å². The Balaban J connectivity index is 2.79. The quantitative estimate of drug-likeness (QED) is 0.371. The van der Waals surface area contributed by atoms with Crippen LogP contribution in [0.1, 0.15) is 58.8 Å². The lowest BCUT2D eigenvalue weighted by molar-refractivity contribution is 0.570. The molecule has 0 aromatic heterocycles. The van der Waals surface area contributed by atoms with E-state index in [9.17, 15) is 8.78 Å². The summed E-state index contributed by atoms with van der Waals surface area (Å²) in [5, 5.41) is 0. The van der Waals surface area contributed by atoms with Crippen LogP contribution in [0, 0.1) is 11.6 Å². The third-order valence-corrected chi connectivity index (χ3v) is 8.00. The number of hydrogen-bond acceptors (Lipinski definition) is 1. The average molecular weight is 328 g/mol. The van der Waals surface area contributed by atoms with Crippen molar-refractivity contribution in [2.75, 3.05) is 4.98 Å². The Morgan fingerprint density at radius 1 is 1.00 bits per heavy atom. The van der Waals surface area contributed by atoms with E-state index in [1.54, 1.807) is 0 Å². The molecule has 1 aromatic carbocycles. The molecule has 1 atom stereocenters. The number of anilines is 1. The minimum Gasteiger partial charge on any atom is -0.408 e. The zero-order valence-electron chi connectivity index (χ0n) is 14.5. The second-order valence-electron chi connectivity index (χ2n) is 6.81. The van der Waals surface area contributed by atoms with E-state index in [0.29, 0.717) is 11.2 Å². The molecule has 0 saturated carbocycles. The van der Waals surface area contributed by atoms with Crippen molar-refractivity contribution in [3.05, 3.63) is 29.8 Å². The predicted molar refractivity (Wildman–Crippen MR) is 94.9 cm³/mol. The molecular formula is C18H31F2NSi. The van der Waals surface area contributed by atoms with Crippen LogP contribution in [0.4, 0.5) is 14.5 Å². The van der Waals surface area contributed by atoms with Gasteiger partial charge in [-0.05, 0) is 17.7 Å². The molecular weight excluding hydrogens is 296 g/mol. The molecule has 0 heterocycles. The third kappa shape index (κ3) is 6.07. The van der Waals surface area contributed by atoms with Crippen molar-refractivity contribution in [1.82, 2.24) is 0 Å². The monoisotopic (exact) mass is 327 g/mol. The maximum atomic E-state index is 13.9. The second kappa shape index (κ2) is 9.28. The first-order chi connectivity index (χ1) is 10.4. The van der Waals surface area contributed by atoms with E-state index in [1.807, 2.05) is 0 Å². The zero-order valence-corrected chi connectivity index (χ0v) is 15.5. The van der Waals surface area contributed by atoms with Gasteiger partial charge in [0.05, 0.1) is 5.69 Å². The van der Waals surface area contributed by atoms with Gasteiger partial charge in [-0.2, -0.15) is 0 Å². The summed E-state index contributed by atoms with van der Waals surface area (Å²) in [4.78, 5) is 3.45. The summed E-state index contributed by atoms with van der Waals surface area (Å²) in [5.41, 5.74) is 1.08. The molecule has 1 nitrogen and oxygen atoms in total. The Bertz CT molecular complexity index is 449. The molecule has 0 aliphatic rings. The Labute approximate surface area is 135 Å². The van der Waals surface area contributed by atoms with E-state index in [4.69, 9.17) is 0 Å². The molecule has 0 amide bonds. The van der Waals surface area contributed by atoms with Crippen molar-refractivity contribution in [2.24, 2.45) is 0 Å². The average Bonchev–Trinajstić information content (AvgIpc) is 2.45. The van der Waals surface area contributed by atoms with Crippen LogP contribution in [-0.2, 0) is 0 Å². The predicted octanol–water partition coefficient (Wildman–Crippen LogP) is 6.72. The standard InChI is InChI=1S/C18H31F2NSi/c1-5-7-9-11-16(10-8-6-2)22(3,4)21-18-13-12-15(19)14-17(18)20/h12-14,16,21H,5-11H2,1-4H3. The Morgan fingerprint density at radius 2 is 1.64 bits per heavy atom. The topological polar surface area (TPSA) is 12.0 Å². The lowest BCUT2D eigenvalue weighted by Gasteiger charge is -2.34. The first-order valence-electron chi connectivity index (χ1n) is 8.64. The van der Waals surface area contributed by atoms with Gasteiger partial charge in [0.1, 0.15) is 11.6 Å². The molecule has 0 bridgehead atoms. The van der Waals surface area contributed by atoms with E-state index in [0.717, 1.165) is 6.07 Å². The number of unbranched alkanes of at least 4 members (excludes halogenated alkanes) is 3. The summed E-state index contributed by atoms with van der Waals surface area (Å²) in [7, 11) is -1.82. The second-order valence-corrected chi connectivity index (χ2v) is 11.3. The van der Waals surface area contributed by atoms with Crippen molar-refractivity contribution < 1.29 is 8.78 Å². The van der Waals surface area contributed by atoms with Gasteiger partial charge in [-0.15, -0.1) is 0 Å². The van der Waals surface area contributed by atoms with E-state index < -0.39 is 19.9 Å². The summed E-state index contributed by atoms with van der Waals surface area (Å²) in [6.45, 7) is 8.96. The minimum atomic E-state index is -1.82. The number of nitrogens with one attached hydrogen (secondary N) is 1. The molecule has 0 fully saturated rings. The van der Waals surface area contributed by atoms with Crippen molar-refractivity contribution in [2.45, 2.75) is 77.4 Å². The molecule has 0 saturated heterocycles. The van der Waals surface area contributed by atoms with Gasteiger partial charge >= 0.3 is 0 Å². The van der Waals surface area contributed by atoms with E-state index >= 15 is 0 Å². The van der Waals surface area contributed by atoms with E-state index in [2.05, 4.69) is 31.9 Å². The van der Waals surface area contributed by atoms with Gasteiger partial charge in [0.25, 0.3) is 0 Å². The van der Waals surface area contributed by atoms with Gasteiger partial charge in [-0.1, -0.05) is 71.9 Å². The van der Waals surface area contributed by atoms with Crippen LogP contribution in [0.25, 0.3) is 0 Å². The molecule has 0 aliphatic carbocycles. The number of rotatable bonds is 10. The SMILES string of the molecule is CCCCCC(CCCC)[Si](C)(C)Nc1ccc(F)cc1F. The Hall–Kier alpha value is -0.903. The summed E-state index contributed by atoms with van der Waals surface area (Å²) in [6.07, 6.45) is 8.56. The first kappa shape index (κ1) is 19.1. The summed E-state index contributed by atoms with van der Waals surface area (Å²) in [6, 6.07) is 3.82. The molecule has 4 heteroatoms. The number of benzene rings is 1. The maximum Gasteiger partial charge on any atom is 0.150 e. The molecule has 126 valence electrons. The van der Waals surface area contributed by atoms with Gasteiger partial charge in [0.15, 0.2) is 8.24 Å². The molecule has 1 rings (SSSR count). The van der Waals surface area contributed by atoms with E-state index in [-0.39, 0.29) is 0 Å². The Morgan fingerprint density at radius 3 is 2.23 bits per heavy atom. The highest BCUT2D eigenvalue weighted by molar-refractivity contribution is 6.81. The van der Waals surface area contributed by atoms with Crippen LogP contribution in [-0.4, -0.2) is 8.24 Å². The van der Waals surface area contributed by atoms with Gasteiger partial charge in [-0.25, -0.2) is 8.78 Å². The fourth-order valence-corrected chi connectivity index (χ4v) is 5.95. The summed E-state index contributed by atoms with van der Waals surface area (Å²) >= 11 is 0. The van der Waals surface area contributed by atoms with Crippen LogP contribution in [0.5, 0.6) is 0 Å². The summed E-state index contributed by atoms with van der Waals surface area (Å²) in [5.74, 6) is -1.00. The zero-order chi connectivity index (χ0) is 16.6. The largest absolute Gasteiger partial charge is 0.408 e. The van der Waals surface area contributed by atoms with Gasteiger partial charge < -0.3 is 4.98 Å². The maximum absolute atomic E-state index is 13.9. The third-order valence-electron chi connectivity index (χ3n) is 4.47. The molecule has 22 heavy (non-hydrogen) atoms. The highest BCUT2D eigenvalue weighted by Crippen LogP contribution is 2.34. The van der Waals surface area contributed by atoms with Crippen molar-refractivity contribution in [3.8, 4) is 0 Å². The smallest absolute Gasteiger partial charge is 0.150 e. The van der Waals surface area contributed by atoms with Crippen molar-refractivity contribution >= 4 is 13.9 Å². The van der Waals surface area contributed by atoms with Crippen LogP contribution in [0.2, 0.25) is 18.6 Å². The van der Waals surface area contributed by atoms with Gasteiger partial charge in [0, 0.05) is 6.07 Å². The lowest BCUT2D eigenvalue weighted by atomic mass is 10.1. The Kier molecular flexibility index (Phi) is 8.08.